The summed E-state index contributed by atoms with van der Waals surface area (Å²) in [5.41, 5.74) is 4.25. The number of ether oxygens (including phenoxy) is 2. The van der Waals surface area contributed by atoms with Crippen molar-refractivity contribution in [2.24, 2.45) is 0 Å². The number of fused-ring (bicyclic) bond motifs is 3. The van der Waals surface area contributed by atoms with Gasteiger partial charge in [0.15, 0.2) is 18.5 Å². The number of aliphatic carboxylic acids is 1. The Morgan fingerprint density at radius 2 is 1.76 bits per heavy atom. The van der Waals surface area contributed by atoms with E-state index in [1.54, 1.807) is 12.1 Å². The van der Waals surface area contributed by atoms with E-state index in [9.17, 15) is 4.79 Å². The zero-order valence-electron chi connectivity index (χ0n) is 17.9. The first-order valence-corrected chi connectivity index (χ1v) is 11.5. The van der Waals surface area contributed by atoms with Gasteiger partial charge in [0.1, 0.15) is 5.75 Å². The molecule has 2 N–H and O–H groups in total. The number of aromatic nitrogens is 3. The molecule has 8 nitrogen and oxygen atoms in total. The normalized spacial score (nSPS) is 14.1. The van der Waals surface area contributed by atoms with Gasteiger partial charge in [0.2, 0.25) is 11.0 Å². The number of benzene rings is 3. The maximum Gasteiger partial charge on any atom is 0.341 e. The number of rotatable bonds is 7. The lowest BCUT2D eigenvalue weighted by molar-refractivity contribution is -0.139. The lowest BCUT2D eigenvalue weighted by Gasteiger charge is -2.19. The van der Waals surface area contributed by atoms with E-state index in [0.29, 0.717) is 22.5 Å². The molecular formula is C25H20N4O4S. The Hall–Kier alpha value is -4.11. The van der Waals surface area contributed by atoms with Crippen molar-refractivity contribution >= 4 is 23.4 Å². The van der Waals surface area contributed by atoms with Crippen LogP contribution >= 0.6 is 11.8 Å². The van der Waals surface area contributed by atoms with Gasteiger partial charge in [0, 0.05) is 22.6 Å². The molecule has 4 aromatic rings. The second kappa shape index (κ2) is 9.80. The van der Waals surface area contributed by atoms with Gasteiger partial charge in [-0.3, -0.25) is 0 Å². The van der Waals surface area contributed by atoms with Crippen molar-refractivity contribution in [2.75, 3.05) is 11.9 Å². The molecule has 1 aliphatic rings. The summed E-state index contributed by atoms with van der Waals surface area (Å²) in [6, 6.07) is 24.9. The molecule has 0 saturated carbocycles. The molecule has 1 aliphatic heterocycles. The Morgan fingerprint density at radius 3 is 2.56 bits per heavy atom. The molecule has 0 spiro atoms. The van der Waals surface area contributed by atoms with Crippen LogP contribution in [0.2, 0.25) is 0 Å². The molecule has 1 aromatic heterocycles. The fourth-order valence-corrected chi connectivity index (χ4v) is 4.20. The Balaban J connectivity index is 1.42. The van der Waals surface area contributed by atoms with Crippen LogP contribution in [0.1, 0.15) is 17.4 Å². The van der Waals surface area contributed by atoms with E-state index in [4.69, 9.17) is 14.6 Å². The Labute approximate surface area is 200 Å². The lowest BCUT2D eigenvalue weighted by Crippen LogP contribution is -2.17. The predicted octanol–water partition coefficient (Wildman–Crippen LogP) is 4.80. The highest BCUT2D eigenvalue weighted by Gasteiger charge is 2.26. The molecule has 34 heavy (non-hydrogen) atoms. The van der Waals surface area contributed by atoms with Gasteiger partial charge in [-0.1, -0.05) is 60.3 Å². The van der Waals surface area contributed by atoms with E-state index in [0.717, 1.165) is 22.6 Å². The average Bonchev–Trinajstić information content (AvgIpc) is 3.03. The Bertz CT molecular complexity index is 1300. The number of carboxylic acids is 1. The molecule has 0 saturated heterocycles. The average molecular weight is 473 g/mol. The van der Waals surface area contributed by atoms with E-state index in [1.165, 1.54) is 17.3 Å². The number of anilines is 1. The highest BCUT2D eigenvalue weighted by Crippen LogP contribution is 2.39. The molecule has 2 heterocycles. The van der Waals surface area contributed by atoms with E-state index < -0.39 is 18.8 Å². The minimum absolute atomic E-state index is 0.388. The Kier molecular flexibility index (Phi) is 6.26. The third-order valence-electron chi connectivity index (χ3n) is 5.09. The predicted molar refractivity (Wildman–Crippen MR) is 128 cm³/mol. The zero-order chi connectivity index (χ0) is 23.3. The van der Waals surface area contributed by atoms with Crippen molar-refractivity contribution in [1.82, 2.24) is 15.2 Å². The fourth-order valence-electron chi connectivity index (χ4n) is 3.47. The van der Waals surface area contributed by atoms with Gasteiger partial charge in [-0.05, 0) is 35.9 Å². The summed E-state index contributed by atoms with van der Waals surface area (Å²) < 4.78 is 11.5. The molecular weight excluding hydrogens is 452 g/mol. The molecule has 170 valence electrons. The van der Waals surface area contributed by atoms with E-state index >= 15 is 0 Å². The van der Waals surface area contributed by atoms with Gasteiger partial charge in [0.05, 0.1) is 0 Å². The van der Waals surface area contributed by atoms with Crippen LogP contribution in [0.5, 0.6) is 11.6 Å². The van der Waals surface area contributed by atoms with Crippen LogP contribution in [0, 0.1) is 0 Å². The topological polar surface area (TPSA) is 106 Å². The summed E-state index contributed by atoms with van der Waals surface area (Å²) in [6.07, 6.45) is -0.542. The van der Waals surface area contributed by atoms with E-state index in [-0.39, 0.29) is 0 Å². The first kappa shape index (κ1) is 21.7. The number of carboxylic acid groups (broad SMARTS) is 1. The number of thioether (sulfide) groups is 1. The number of carbonyl (C=O) groups is 1. The third-order valence-corrected chi connectivity index (χ3v) is 6.00. The van der Waals surface area contributed by atoms with E-state index in [1.807, 2.05) is 54.6 Å². The molecule has 0 aliphatic carbocycles. The van der Waals surface area contributed by atoms with Gasteiger partial charge >= 0.3 is 5.97 Å². The highest BCUT2D eigenvalue weighted by atomic mass is 32.2. The van der Waals surface area contributed by atoms with E-state index in [2.05, 4.69) is 32.6 Å². The van der Waals surface area contributed by atoms with Crippen molar-refractivity contribution in [1.29, 1.82) is 0 Å². The van der Waals surface area contributed by atoms with Crippen molar-refractivity contribution in [2.45, 2.75) is 17.1 Å². The van der Waals surface area contributed by atoms with Crippen LogP contribution in [0.25, 0.3) is 11.3 Å². The van der Waals surface area contributed by atoms with Gasteiger partial charge in [-0.15, -0.1) is 10.2 Å². The molecule has 0 amide bonds. The van der Waals surface area contributed by atoms with Crippen LogP contribution in [-0.4, -0.2) is 32.9 Å². The standard InChI is InChI=1S/C25H20N4O4S/c30-21(31)14-32-18-12-10-17(11-13-18)23-26-20-9-5-4-8-19(20)22-24(33-23)27-25(29-28-22)34-15-16-6-2-1-3-7-16/h1-13,23,26H,14-15H2,(H,30,31)/t23-/m1/s1. The molecule has 1 atom stereocenters. The lowest BCUT2D eigenvalue weighted by atomic mass is 10.1. The molecule has 5 rings (SSSR count). The molecule has 9 heteroatoms. The number of hydrogen-bond donors (Lipinski definition) is 2. The molecule has 0 unspecified atom stereocenters. The van der Waals surface area contributed by atoms with Crippen molar-refractivity contribution in [3.05, 3.63) is 90.0 Å². The highest BCUT2D eigenvalue weighted by molar-refractivity contribution is 7.98. The second-order valence-electron chi connectivity index (χ2n) is 7.46. The third kappa shape index (κ3) is 4.94. The van der Waals surface area contributed by atoms with Crippen LogP contribution in [0.3, 0.4) is 0 Å². The number of nitrogens with zero attached hydrogens (tertiary/aromatic N) is 3. The van der Waals surface area contributed by atoms with Gasteiger partial charge in [-0.2, -0.15) is 4.98 Å². The Morgan fingerprint density at radius 1 is 1.00 bits per heavy atom. The fraction of sp³-hybridized carbons (Fsp3) is 0.120. The molecule has 0 fully saturated rings. The van der Waals surface area contributed by atoms with Crippen LogP contribution < -0.4 is 14.8 Å². The number of hydrogen-bond acceptors (Lipinski definition) is 8. The van der Waals surface area contributed by atoms with Crippen molar-refractivity contribution < 1.29 is 19.4 Å². The summed E-state index contributed by atoms with van der Waals surface area (Å²) in [5.74, 6) is 0.541. The van der Waals surface area contributed by atoms with Gasteiger partial charge in [0.25, 0.3) is 0 Å². The summed E-state index contributed by atoms with van der Waals surface area (Å²) in [6.45, 7) is -0.399. The summed E-state index contributed by atoms with van der Waals surface area (Å²) in [4.78, 5) is 15.4. The summed E-state index contributed by atoms with van der Waals surface area (Å²) in [5, 5.41) is 21.5. The maximum absolute atomic E-state index is 10.7. The minimum atomic E-state index is -1.03. The van der Waals surface area contributed by atoms with Crippen molar-refractivity contribution in [3.63, 3.8) is 0 Å². The summed E-state index contributed by atoms with van der Waals surface area (Å²) in [7, 11) is 0. The van der Waals surface area contributed by atoms with Gasteiger partial charge in [-0.25, -0.2) is 4.79 Å². The van der Waals surface area contributed by atoms with Gasteiger partial charge < -0.3 is 19.9 Å². The molecule has 3 aromatic carbocycles. The number of para-hydroxylation sites is 1. The molecule has 0 radical (unpaired) electrons. The van der Waals surface area contributed by atoms with Crippen LogP contribution in [0.4, 0.5) is 5.69 Å². The smallest absolute Gasteiger partial charge is 0.341 e. The zero-order valence-corrected chi connectivity index (χ0v) is 18.7. The molecule has 0 bridgehead atoms. The first-order valence-electron chi connectivity index (χ1n) is 10.5. The number of nitrogens with one attached hydrogen (secondary N) is 1. The second-order valence-corrected chi connectivity index (χ2v) is 8.40. The summed E-state index contributed by atoms with van der Waals surface area (Å²) >= 11 is 1.49. The van der Waals surface area contributed by atoms with Crippen molar-refractivity contribution in [3.8, 4) is 22.9 Å². The van der Waals surface area contributed by atoms with Crippen LogP contribution in [-0.2, 0) is 10.5 Å². The van der Waals surface area contributed by atoms with Crippen LogP contribution in [0.15, 0.2) is 84.0 Å². The monoisotopic (exact) mass is 472 g/mol. The largest absolute Gasteiger partial charge is 0.482 e. The minimum Gasteiger partial charge on any atom is -0.482 e. The maximum atomic E-state index is 10.7. The quantitative estimate of drug-likeness (QED) is 0.367. The SMILES string of the molecule is O=C(O)COc1ccc([C@@H]2Nc3ccccc3-c3nnc(SCc4ccccc4)nc3O2)cc1. The first-order chi connectivity index (χ1) is 16.7.